The number of nitrogens with one attached hydrogen (secondary N) is 2. The van der Waals surface area contributed by atoms with Crippen molar-refractivity contribution in [1.29, 1.82) is 0 Å². The van der Waals surface area contributed by atoms with Gasteiger partial charge in [-0.3, -0.25) is 9.59 Å². The Bertz CT molecular complexity index is 532. The summed E-state index contributed by atoms with van der Waals surface area (Å²) in [4.78, 5) is 25.7. The minimum Gasteiger partial charge on any atom is -0.508 e. The van der Waals surface area contributed by atoms with Gasteiger partial charge < -0.3 is 25.7 Å². The highest BCUT2D eigenvalue weighted by Gasteiger charge is 2.32. The van der Waals surface area contributed by atoms with E-state index in [1.54, 1.807) is 0 Å². The number of amides is 2. The van der Waals surface area contributed by atoms with Gasteiger partial charge in [-0.15, -0.1) is 0 Å². The molecule has 0 aromatic heterocycles. The predicted molar refractivity (Wildman–Crippen MR) is 71.5 cm³/mol. The maximum atomic E-state index is 12.4. The quantitative estimate of drug-likeness (QED) is 0.571. The van der Waals surface area contributed by atoms with Crippen molar-refractivity contribution in [3.05, 3.63) is 23.8 Å². The Morgan fingerprint density at radius 1 is 1.40 bits per heavy atom. The largest absolute Gasteiger partial charge is 0.508 e. The Hall–Kier alpha value is -2.28. The molecule has 1 fully saturated rings. The zero-order valence-electron chi connectivity index (χ0n) is 11.1. The number of carbonyl (C=O) groups is 2. The summed E-state index contributed by atoms with van der Waals surface area (Å²) in [5.41, 5.74) is 0.0682. The van der Waals surface area contributed by atoms with E-state index in [0.29, 0.717) is 19.6 Å². The minimum atomic E-state index is -0.616. The third kappa shape index (κ3) is 2.67. The molecule has 1 aliphatic heterocycles. The lowest BCUT2D eigenvalue weighted by Gasteiger charge is -2.35. The van der Waals surface area contributed by atoms with Crippen molar-refractivity contribution in [1.82, 2.24) is 15.5 Å². The van der Waals surface area contributed by atoms with Crippen molar-refractivity contribution in [2.75, 3.05) is 26.7 Å². The van der Waals surface area contributed by atoms with E-state index < -0.39 is 11.9 Å². The van der Waals surface area contributed by atoms with Crippen LogP contribution in [0.5, 0.6) is 11.5 Å². The van der Waals surface area contributed by atoms with Crippen LogP contribution >= 0.6 is 0 Å². The fraction of sp³-hybridized carbons (Fsp3) is 0.385. The number of rotatable bonds is 2. The Kier molecular flexibility index (Phi) is 4.09. The smallest absolute Gasteiger partial charge is 0.258 e. The van der Waals surface area contributed by atoms with Crippen molar-refractivity contribution < 1.29 is 19.8 Å². The van der Waals surface area contributed by atoms with E-state index in [9.17, 15) is 19.8 Å². The summed E-state index contributed by atoms with van der Waals surface area (Å²) >= 11 is 0. The van der Waals surface area contributed by atoms with E-state index >= 15 is 0 Å². The van der Waals surface area contributed by atoms with Crippen molar-refractivity contribution in [2.45, 2.75) is 6.04 Å². The van der Waals surface area contributed by atoms with Crippen molar-refractivity contribution in [3.63, 3.8) is 0 Å². The van der Waals surface area contributed by atoms with Crippen molar-refractivity contribution >= 4 is 11.8 Å². The number of aromatic hydroxyl groups is 2. The van der Waals surface area contributed by atoms with E-state index in [2.05, 4.69) is 10.6 Å². The van der Waals surface area contributed by atoms with Gasteiger partial charge in [0.1, 0.15) is 17.5 Å². The zero-order valence-corrected chi connectivity index (χ0v) is 11.1. The average Bonchev–Trinajstić information content (AvgIpc) is 2.46. The first-order valence-corrected chi connectivity index (χ1v) is 6.30. The van der Waals surface area contributed by atoms with Crippen LogP contribution in [0, 0.1) is 0 Å². The molecular formula is C13H17N3O4. The van der Waals surface area contributed by atoms with E-state index in [4.69, 9.17) is 0 Å². The summed E-state index contributed by atoms with van der Waals surface area (Å²) < 4.78 is 0. The topological polar surface area (TPSA) is 102 Å². The van der Waals surface area contributed by atoms with E-state index in [-0.39, 0.29) is 23.0 Å². The number of likely N-dealkylation sites (N-methyl/N-ethyl adjacent to an activating group) is 1. The number of benzene rings is 1. The van der Waals surface area contributed by atoms with Gasteiger partial charge in [0.2, 0.25) is 5.91 Å². The molecule has 1 aromatic rings. The maximum Gasteiger partial charge on any atom is 0.258 e. The van der Waals surface area contributed by atoms with Crippen molar-refractivity contribution in [3.8, 4) is 11.5 Å². The van der Waals surface area contributed by atoms with E-state index in [1.165, 1.54) is 24.1 Å². The highest BCUT2D eigenvalue weighted by Crippen LogP contribution is 2.24. The van der Waals surface area contributed by atoms with Gasteiger partial charge in [0, 0.05) is 32.7 Å². The summed E-state index contributed by atoms with van der Waals surface area (Å²) in [6, 6.07) is 3.15. The molecule has 0 spiro atoms. The molecule has 2 amide bonds. The number of hydrogen-bond acceptors (Lipinski definition) is 5. The third-order valence-corrected chi connectivity index (χ3v) is 3.27. The SMILES string of the molecule is CNC(=O)C1CNCCN1C(=O)c1ccc(O)cc1O. The van der Waals surface area contributed by atoms with Gasteiger partial charge >= 0.3 is 0 Å². The van der Waals surface area contributed by atoms with Gasteiger partial charge in [0.05, 0.1) is 5.56 Å². The van der Waals surface area contributed by atoms with Crippen LogP contribution in [0.3, 0.4) is 0 Å². The first kappa shape index (κ1) is 14.1. The Morgan fingerprint density at radius 2 is 2.15 bits per heavy atom. The van der Waals surface area contributed by atoms with E-state index in [1.807, 2.05) is 0 Å². The van der Waals surface area contributed by atoms with Crippen LogP contribution < -0.4 is 10.6 Å². The standard InChI is InChI=1S/C13H17N3O4/c1-14-12(19)10-7-15-4-5-16(10)13(20)9-3-2-8(17)6-11(9)18/h2-3,6,10,15,17-18H,4-5,7H2,1H3,(H,14,19). The number of piperazine rings is 1. The van der Waals surface area contributed by atoms with Gasteiger partial charge in [0.25, 0.3) is 5.91 Å². The van der Waals surface area contributed by atoms with Crippen LogP contribution in [0.1, 0.15) is 10.4 Å². The summed E-state index contributed by atoms with van der Waals surface area (Å²) in [7, 11) is 1.51. The molecule has 1 aromatic carbocycles. The molecule has 0 aliphatic carbocycles. The molecule has 7 nitrogen and oxygen atoms in total. The molecule has 1 saturated heterocycles. The van der Waals surface area contributed by atoms with Crippen molar-refractivity contribution in [2.24, 2.45) is 0 Å². The Balaban J connectivity index is 2.27. The molecule has 1 unspecified atom stereocenters. The summed E-state index contributed by atoms with van der Waals surface area (Å²) in [5.74, 6) is -1.12. The van der Waals surface area contributed by atoms with Crippen LogP contribution in [0.25, 0.3) is 0 Å². The lowest BCUT2D eigenvalue weighted by atomic mass is 10.1. The molecule has 7 heteroatoms. The molecular weight excluding hydrogens is 262 g/mol. The minimum absolute atomic E-state index is 0.0682. The van der Waals surface area contributed by atoms with Crippen LogP contribution in [0.2, 0.25) is 0 Å². The first-order chi connectivity index (χ1) is 9.54. The molecule has 4 N–H and O–H groups in total. The lowest BCUT2D eigenvalue weighted by Crippen LogP contribution is -2.59. The maximum absolute atomic E-state index is 12.4. The average molecular weight is 279 g/mol. The van der Waals surface area contributed by atoms with Crippen LogP contribution in [0.15, 0.2) is 18.2 Å². The molecule has 0 radical (unpaired) electrons. The zero-order chi connectivity index (χ0) is 14.7. The van der Waals surface area contributed by atoms with Crippen LogP contribution in [-0.4, -0.2) is 59.7 Å². The second-order valence-electron chi connectivity index (χ2n) is 4.53. The highest BCUT2D eigenvalue weighted by atomic mass is 16.3. The first-order valence-electron chi connectivity index (χ1n) is 6.30. The molecule has 2 rings (SSSR count). The lowest BCUT2D eigenvalue weighted by molar-refractivity contribution is -0.125. The van der Waals surface area contributed by atoms with Gasteiger partial charge in [-0.1, -0.05) is 0 Å². The van der Waals surface area contributed by atoms with E-state index in [0.717, 1.165) is 6.07 Å². The van der Waals surface area contributed by atoms with Crippen LogP contribution in [0.4, 0.5) is 0 Å². The predicted octanol–water partition coefficient (Wildman–Crippen LogP) is -0.742. The molecule has 1 heterocycles. The molecule has 1 atom stereocenters. The molecule has 108 valence electrons. The van der Waals surface area contributed by atoms with Gasteiger partial charge in [0.15, 0.2) is 0 Å². The highest BCUT2D eigenvalue weighted by molar-refractivity contribution is 6.00. The number of nitrogens with zero attached hydrogens (tertiary/aromatic N) is 1. The molecule has 1 aliphatic rings. The summed E-state index contributed by atoms with van der Waals surface area (Å²) in [6.07, 6.45) is 0. The number of carbonyl (C=O) groups excluding carboxylic acids is 2. The van der Waals surface area contributed by atoms with Gasteiger partial charge in [-0.2, -0.15) is 0 Å². The summed E-state index contributed by atoms with van der Waals surface area (Å²) in [6.45, 7) is 1.32. The second-order valence-corrected chi connectivity index (χ2v) is 4.53. The fourth-order valence-corrected chi connectivity index (χ4v) is 2.20. The second kappa shape index (κ2) is 5.79. The normalized spacial score (nSPS) is 18.6. The van der Waals surface area contributed by atoms with Gasteiger partial charge in [-0.25, -0.2) is 0 Å². The number of hydrogen-bond donors (Lipinski definition) is 4. The van der Waals surface area contributed by atoms with Gasteiger partial charge in [-0.05, 0) is 12.1 Å². The molecule has 0 bridgehead atoms. The number of phenolic OH excluding ortho intramolecular Hbond substituents is 2. The monoisotopic (exact) mass is 279 g/mol. The third-order valence-electron chi connectivity index (χ3n) is 3.27. The number of phenols is 2. The fourth-order valence-electron chi connectivity index (χ4n) is 2.20. The van der Waals surface area contributed by atoms with Crippen LogP contribution in [-0.2, 0) is 4.79 Å². The molecule has 20 heavy (non-hydrogen) atoms. The summed E-state index contributed by atoms with van der Waals surface area (Å²) in [5, 5.41) is 24.6. The molecule has 0 saturated carbocycles. The Morgan fingerprint density at radius 3 is 2.80 bits per heavy atom. The Labute approximate surface area is 116 Å².